The minimum absolute atomic E-state index is 0.336. The van der Waals surface area contributed by atoms with Crippen LogP contribution in [0.15, 0.2) is 93.5 Å². The van der Waals surface area contributed by atoms with Crippen molar-refractivity contribution < 1.29 is 23.2 Å². The molecule has 0 aliphatic carbocycles. The quantitative estimate of drug-likeness (QED) is 0.333. The Labute approximate surface area is 209 Å². The monoisotopic (exact) mass is 494 g/mol. The number of ether oxygens (including phenoxy) is 2. The van der Waals surface area contributed by atoms with Crippen molar-refractivity contribution in [3.63, 3.8) is 0 Å². The molecule has 0 aromatic heterocycles. The van der Waals surface area contributed by atoms with Crippen LogP contribution in [0.3, 0.4) is 0 Å². The van der Waals surface area contributed by atoms with Crippen molar-refractivity contribution in [2.45, 2.75) is 67.4 Å². The molecule has 6 heteroatoms. The summed E-state index contributed by atoms with van der Waals surface area (Å²) in [5.74, 6) is -0.955. The Morgan fingerprint density at radius 1 is 0.657 bits per heavy atom. The zero-order chi connectivity index (χ0) is 25.9. The summed E-state index contributed by atoms with van der Waals surface area (Å²) < 4.78 is 17.8. The number of esters is 2. The van der Waals surface area contributed by atoms with E-state index in [-0.39, 0.29) is 0 Å². The van der Waals surface area contributed by atoms with Gasteiger partial charge in [0.15, 0.2) is 0 Å². The molecule has 3 aromatic rings. The minimum atomic E-state index is -2.41. The van der Waals surface area contributed by atoms with Gasteiger partial charge in [-0.2, -0.15) is 0 Å². The summed E-state index contributed by atoms with van der Waals surface area (Å²) >= 11 is 0. The van der Waals surface area contributed by atoms with Crippen molar-refractivity contribution in [1.29, 1.82) is 0 Å². The zero-order valence-corrected chi connectivity index (χ0v) is 22.3. The first-order chi connectivity index (χ1) is 16.4. The molecule has 0 aliphatic heterocycles. The molecule has 3 rings (SSSR count). The van der Waals surface area contributed by atoms with E-state index in [4.69, 9.17) is 13.7 Å². The summed E-state index contributed by atoms with van der Waals surface area (Å²) in [5, 5.41) is 0. The maximum atomic E-state index is 13.4. The van der Waals surface area contributed by atoms with E-state index in [1.54, 1.807) is 25.3 Å². The molecule has 0 N–H and O–H groups in total. The van der Waals surface area contributed by atoms with Crippen LogP contribution in [0.1, 0.15) is 62.3 Å². The average Bonchev–Trinajstić information content (AvgIpc) is 2.79. The van der Waals surface area contributed by atoms with Gasteiger partial charge in [0.1, 0.15) is 11.2 Å². The first kappa shape index (κ1) is 26.5. The highest BCUT2D eigenvalue weighted by Gasteiger charge is 2.37. The average molecular weight is 495 g/mol. The molecule has 0 radical (unpaired) electrons. The topological polar surface area (TPSA) is 61.8 Å². The Balaban J connectivity index is 2.35. The number of carbonyl (C=O) groups is 2. The summed E-state index contributed by atoms with van der Waals surface area (Å²) in [4.78, 5) is 28.8. The summed E-state index contributed by atoms with van der Waals surface area (Å²) in [6, 6.07) is 24.5. The van der Waals surface area contributed by atoms with Gasteiger partial charge in [-0.3, -0.25) is 0 Å². The second-order valence-corrected chi connectivity index (χ2v) is 12.9. The first-order valence-electron chi connectivity index (χ1n) is 11.5. The van der Waals surface area contributed by atoms with Gasteiger partial charge in [0.25, 0.3) is 0 Å². The summed E-state index contributed by atoms with van der Waals surface area (Å²) in [6.07, 6.45) is 0. The molecule has 0 heterocycles. The molecule has 0 amide bonds. The predicted molar refractivity (Wildman–Crippen MR) is 139 cm³/mol. The van der Waals surface area contributed by atoms with E-state index in [1.165, 1.54) is 0 Å². The van der Waals surface area contributed by atoms with Crippen LogP contribution in [0.4, 0.5) is 0 Å². The van der Waals surface area contributed by atoms with Crippen molar-refractivity contribution in [1.82, 2.24) is 0 Å². The van der Waals surface area contributed by atoms with Gasteiger partial charge < -0.3 is 13.7 Å². The smallest absolute Gasteiger partial charge is 0.339 e. The van der Waals surface area contributed by atoms with Crippen molar-refractivity contribution in [2.75, 3.05) is 7.11 Å². The van der Waals surface area contributed by atoms with Crippen LogP contribution < -0.4 is 0 Å². The number of hydrogen-bond acceptors (Lipinski definition) is 5. The first-order valence-corrected chi connectivity index (χ1v) is 13.0. The van der Waals surface area contributed by atoms with Crippen molar-refractivity contribution in [3.05, 3.63) is 90.0 Å². The molecule has 0 unspecified atom stereocenters. The van der Waals surface area contributed by atoms with E-state index in [2.05, 4.69) is 0 Å². The molecule has 3 aromatic carbocycles. The number of hydrogen-bond donors (Lipinski definition) is 0. The van der Waals surface area contributed by atoms with Crippen LogP contribution in [-0.4, -0.2) is 30.3 Å². The minimum Gasteiger partial charge on any atom is -0.456 e. The maximum Gasteiger partial charge on any atom is 0.339 e. The second kappa shape index (κ2) is 10.3. The van der Waals surface area contributed by atoms with Crippen LogP contribution >= 0.6 is 10.3 Å². The normalized spacial score (nSPS) is 12.7. The van der Waals surface area contributed by atoms with Crippen LogP contribution in [0.5, 0.6) is 0 Å². The fraction of sp³-hybridized carbons (Fsp3) is 0.310. The lowest BCUT2D eigenvalue weighted by Gasteiger charge is -2.40. The lowest BCUT2D eigenvalue weighted by molar-refractivity contribution is 0.00483. The molecule has 0 fully saturated rings. The SMILES string of the molecule is COS(c1ccccc1)(c1ccccc1)c1cc(C(=O)OC(C)(C)C)ccc1C(=O)OC(C)(C)C. The van der Waals surface area contributed by atoms with Crippen LogP contribution in [0.2, 0.25) is 0 Å². The Morgan fingerprint density at radius 3 is 1.54 bits per heavy atom. The van der Waals surface area contributed by atoms with Gasteiger partial charge in [-0.1, -0.05) is 46.7 Å². The van der Waals surface area contributed by atoms with E-state index >= 15 is 0 Å². The molecule has 0 saturated heterocycles. The summed E-state index contributed by atoms with van der Waals surface area (Å²) in [7, 11) is -0.777. The van der Waals surface area contributed by atoms with Crippen molar-refractivity contribution in [3.8, 4) is 0 Å². The van der Waals surface area contributed by atoms with Gasteiger partial charge in [-0.15, -0.1) is 0 Å². The maximum absolute atomic E-state index is 13.4. The van der Waals surface area contributed by atoms with Gasteiger partial charge in [-0.05, 0) is 84.0 Å². The van der Waals surface area contributed by atoms with E-state index < -0.39 is 33.4 Å². The number of benzene rings is 3. The summed E-state index contributed by atoms with van der Waals surface area (Å²) in [6.45, 7) is 10.9. The Morgan fingerprint density at radius 2 is 1.11 bits per heavy atom. The van der Waals surface area contributed by atoms with E-state index in [0.29, 0.717) is 16.0 Å². The Bertz CT molecular complexity index is 1140. The Kier molecular flexibility index (Phi) is 7.77. The molecule has 0 aliphatic rings. The molecule has 0 bridgehead atoms. The molecule has 35 heavy (non-hydrogen) atoms. The molecule has 0 atom stereocenters. The lowest BCUT2D eigenvalue weighted by atomic mass is 10.1. The lowest BCUT2D eigenvalue weighted by Crippen LogP contribution is -2.26. The predicted octanol–water partition coefficient (Wildman–Crippen LogP) is 7.44. The van der Waals surface area contributed by atoms with Crippen molar-refractivity contribution in [2.24, 2.45) is 0 Å². The molecular weight excluding hydrogens is 460 g/mol. The van der Waals surface area contributed by atoms with E-state index in [1.807, 2.05) is 102 Å². The third-order valence-corrected chi connectivity index (χ3v) is 8.27. The summed E-state index contributed by atoms with van der Waals surface area (Å²) in [5.41, 5.74) is -0.673. The number of rotatable bonds is 6. The molecule has 5 nitrogen and oxygen atoms in total. The van der Waals surface area contributed by atoms with Gasteiger partial charge in [-0.25, -0.2) is 9.59 Å². The number of carbonyl (C=O) groups excluding carboxylic acids is 2. The standard InChI is InChI=1S/C29H34O5S/c1-28(2,3)33-26(30)21-18-19-24(27(31)34-29(4,5)6)25(20-21)35(32-7,22-14-10-8-11-15-22)23-16-12-9-13-17-23/h8-20H,1-7H3. The van der Waals surface area contributed by atoms with E-state index in [9.17, 15) is 9.59 Å². The van der Waals surface area contributed by atoms with E-state index in [0.717, 1.165) is 9.79 Å². The molecular formula is C29H34O5S. The largest absolute Gasteiger partial charge is 0.456 e. The third kappa shape index (κ3) is 6.13. The highest BCUT2D eigenvalue weighted by atomic mass is 32.3. The van der Waals surface area contributed by atoms with Crippen LogP contribution in [0, 0.1) is 0 Å². The fourth-order valence-corrected chi connectivity index (χ4v) is 6.80. The van der Waals surface area contributed by atoms with Gasteiger partial charge in [0, 0.05) is 21.8 Å². The molecule has 186 valence electrons. The molecule has 0 saturated carbocycles. The highest BCUT2D eigenvalue weighted by molar-refractivity contribution is 8.30. The molecule has 0 spiro atoms. The third-order valence-electron chi connectivity index (χ3n) is 4.94. The van der Waals surface area contributed by atoms with Gasteiger partial charge in [0.2, 0.25) is 0 Å². The fourth-order valence-electron chi connectivity index (χ4n) is 3.62. The second-order valence-electron chi connectivity index (χ2n) is 10.1. The van der Waals surface area contributed by atoms with Crippen LogP contribution in [-0.2, 0) is 13.7 Å². The van der Waals surface area contributed by atoms with Gasteiger partial charge in [0.05, 0.1) is 11.1 Å². The Hall–Kier alpha value is -3.09. The van der Waals surface area contributed by atoms with Crippen LogP contribution in [0.25, 0.3) is 0 Å². The van der Waals surface area contributed by atoms with Gasteiger partial charge >= 0.3 is 11.9 Å². The zero-order valence-electron chi connectivity index (χ0n) is 21.5. The van der Waals surface area contributed by atoms with Crippen molar-refractivity contribution >= 4 is 22.2 Å². The highest BCUT2D eigenvalue weighted by Crippen LogP contribution is 2.69.